The number of hydrogen-bond donors (Lipinski definition) is 4. The molecule has 8 heteroatoms. The molecular weight excluding hydrogens is 352 g/mol. The van der Waals surface area contributed by atoms with Crippen molar-refractivity contribution >= 4 is 29.2 Å². The minimum Gasteiger partial charge on any atom is -0.390 e. The SMILES string of the molecule is CC(C)C1CC(N=C(N)C(C(N)=O)c2nc3c(s2)C=CCC3)C(O)C1O. The normalized spacial score (nSPS) is 29.8. The topological polar surface area (TPSA) is 135 Å². The fourth-order valence-corrected chi connectivity index (χ4v) is 4.89. The van der Waals surface area contributed by atoms with Crippen LogP contribution in [-0.4, -0.2) is 45.2 Å². The molecule has 2 aliphatic carbocycles. The summed E-state index contributed by atoms with van der Waals surface area (Å²) in [5.41, 5.74) is 12.6. The van der Waals surface area contributed by atoms with Crippen LogP contribution in [0.1, 0.15) is 48.2 Å². The summed E-state index contributed by atoms with van der Waals surface area (Å²) in [5.74, 6) is -1.33. The maximum Gasteiger partial charge on any atom is 0.235 e. The number of amidine groups is 1. The molecule has 0 saturated heterocycles. The van der Waals surface area contributed by atoms with Crippen LogP contribution >= 0.6 is 11.3 Å². The molecule has 0 aliphatic heterocycles. The number of primary amides is 1. The van der Waals surface area contributed by atoms with Crippen LogP contribution in [0.25, 0.3) is 6.08 Å². The third kappa shape index (κ3) is 3.54. The number of aromatic nitrogens is 1. The van der Waals surface area contributed by atoms with E-state index >= 15 is 0 Å². The largest absolute Gasteiger partial charge is 0.390 e. The molecule has 6 N–H and O–H groups in total. The van der Waals surface area contributed by atoms with Crippen molar-refractivity contribution < 1.29 is 15.0 Å². The molecule has 1 fully saturated rings. The molecule has 1 aromatic heterocycles. The summed E-state index contributed by atoms with van der Waals surface area (Å²) < 4.78 is 0. The van der Waals surface area contributed by atoms with Gasteiger partial charge in [0.1, 0.15) is 22.9 Å². The minimum absolute atomic E-state index is 0.0493. The number of nitrogens with zero attached hydrogens (tertiary/aromatic N) is 2. The van der Waals surface area contributed by atoms with Crippen LogP contribution in [0.5, 0.6) is 0 Å². The summed E-state index contributed by atoms with van der Waals surface area (Å²) in [6.07, 6.45) is 4.49. The van der Waals surface area contributed by atoms with E-state index in [0.29, 0.717) is 11.4 Å². The van der Waals surface area contributed by atoms with Crippen molar-refractivity contribution in [1.29, 1.82) is 0 Å². The number of aliphatic hydroxyl groups is 2. The zero-order chi connectivity index (χ0) is 19.0. The maximum atomic E-state index is 12.0. The van der Waals surface area contributed by atoms with Crippen molar-refractivity contribution in [3.63, 3.8) is 0 Å². The van der Waals surface area contributed by atoms with Crippen LogP contribution in [0, 0.1) is 11.8 Å². The van der Waals surface area contributed by atoms with Crippen LogP contribution in [0.3, 0.4) is 0 Å². The Kier molecular flexibility index (Phi) is 5.45. The number of aliphatic imine (C=N–C) groups is 1. The molecule has 1 aromatic rings. The first-order valence-corrected chi connectivity index (χ1v) is 9.76. The van der Waals surface area contributed by atoms with Crippen molar-refractivity contribution in [3.05, 3.63) is 21.7 Å². The number of hydrogen-bond acceptors (Lipinski definition) is 6. The second-order valence-corrected chi connectivity index (χ2v) is 8.45. The number of aliphatic hydroxyl groups excluding tert-OH is 2. The maximum absolute atomic E-state index is 12.0. The van der Waals surface area contributed by atoms with E-state index in [-0.39, 0.29) is 17.7 Å². The molecule has 26 heavy (non-hydrogen) atoms. The van der Waals surface area contributed by atoms with Gasteiger partial charge in [-0.05, 0) is 37.2 Å². The first-order valence-electron chi connectivity index (χ1n) is 8.94. The number of fused-ring (bicyclic) bond motifs is 1. The average Bonchev–Trinajstić information content (AvgIpc) is 3.10. The van der Waals surface area contributed by atoms with Gasteiger partial charge in [0, 0.05) is 0 Å². The highest BCUT2D eigenvalue weighted by atomic mass is 32.1. The zero-order valence-corrected chi connectivity index (χ0v) is 15.8. The summed E-state index contributed by atoms with van der Waals surface area (Å²) in [5, 5.41) is 21.0. The first-order chi connectivity index (χ1) is 12.3. The van der Waals surface area contributed by atoms with Gasteiger partial charge in [0.25, 0.3) is 0 Å². The van der Waals surface area contributed by atoms with E-state index in [9.17, 15) is 15.0 Å². The summed E-state index contributed by atoms with van der Waals surface area (Å²) in [6.45, 7) is 3.99. The Morgan fingerprint density at radius 3 is 2.65 bits per heavy atom. The van der Waals surface area contributed by atoms with Crippen LogP contribution < -0.4 is 11.5 Å². The van der Waals surface area contributed by atoms with Crippen molar-refractivity contribution in [2.45, 2.75) is 57.3 Å². The summed E-state index contributed by atoms with van der Waals surface area (Å²) in [4.78, 5) is 22.0. The molecule has 2 aliphatic rings. The van der Waals surface area contributed by atoms with Gasteiger partial charge in [0.15, 0.2) is 0 Å². The Morgan fingerprint density at radius 1 is 1.35 bits per heavy atom. The number of thiazole rings is 1. The molecule has 3 rings (SSSR count). The van der Waals surface area contributed by atoms with Crippen molar-refractivity contribution in [2.24, 2.45) is 28.3 Å². The third-order valence-corrected chi connectivity index (χ3v) is 6.38. The molecule has 0 radical (unpaired) electrons. The molecule has 0 bridgehead atoms. The van der Waals surface area contributed by atoms with Gasteiger partial charge in [-0.1, -0.05) is 19.9 Å². The number of allylic oxidation sites excluding steroid dienone is 1. The van der Waals surface area contributed by atoms with Gasteiger partial charge in [-0.15, -0.1) is 11.3 Å². The Balaban J connectivity index is 1.86. The highest BCUT2D eigenvalue weighted by Gasteiger charge is 2.43. The minimum atomic E-state index is -0.998. The van der Waals surface area contributed by atoms with E-state index < -0.39 is 30.1 Å². The molecule has 0 spiro atoms. The monoisotopic (exact) mass is 378 g/mol. The van der Waals surface area contributed by atoms with Gasteiger partial charge in [-0.3, -0.25) is 9.79 Å². The summed E-state index contributed by atoms with van der Waals surface area (Å²) >= 11 is 1.39. The van der Waals surface area contributed by atoms with E-state index in [1.807, 2.05) is 19.9 Å². The lowest BCUT2D eigenvalue weighted by atomic mass is 9.92. The van der Waals surface area contributed by atoms with E-state index in [0.717, 1.165) is 23.4 Å². The second-order valence-electron chi connectivity index (χ2n) is 7.39. The quantitative estimate of drug-likeness (QED) is 0.444. The Labute approximate surface area is 156 Å². The lowest BCUT2D eigenvalue weighted by Crippen LogP contribution is -2.36. The van der Waals surface area contributed by atoms with Gasteiger partial charge >= 0.3 is 0 Å². The fourth-order valence-electron chi connectivity index (χ4n) is 3.72. The Bertz CT molecular complexity index is 743. The van der Waals surface area contributed by atoms with Gasteiger partial charge in [0.2, 0.25) is 5.91 Å². The van der Waals surface area contributed by atoms with Crippen LogP contribution in [0.4, 0.5) is 0 Å². The Morgan fingerprint density at radius 2 is 2.08 bits per heavy atom. The van der Waals surface area contributed by atoms with Crippen LogP contribution in [0.15, 0.2) is 11.1 Å². The van der Waals surface area contributed by atoms with Gasteiger partial charge in [0.05, 0.1) is 22.7 Å². The predicted molar refractivity (Wildman–Crippen MR) is 102 cm³/mol. The summed E-state index contributed by atoms with van der Waals surface area (Å²) in [6, 6.07) is -0.547. The molecule has 0 aromatic carbocycles. The lowest BCUT2D eigenvalue weighted by Gasteiger charge is -2.19. The highest BCUT2D eigenvalue weighted by molar-refractivity contribution is 7.13. The average molecular weight is 378 g/mol. The zero-order valence-electron chi connectivity index (χ0n) is 15.0. The Hall–Kier alpha value is -1.77. The van der Waals surface area contributed by atoms with E-state index in [2.05, 4.69) is 16.1 Å². The van der Waals surface area contributed by atoms with Gasteiger partial charge in [-0.2, -0.15) is 0 Å². The second kappa shape index (κ2) is 7.46. The number of carbonyl (C=O) groups excluding carboxylic acids is 1. The smallest absolute Gasteiger partial charge is 0.235 e. The fraction of sp³-hybridized carbons (Fsp3) is 0.611. The number of aryl methyl sites for hydroxylation is 1. The van der Waals surface area contributed by atoms with Crippen molar-refractivity contribution in [2.75, 3.05) is 0 Å². The van der Waals surface area contributed by atoms with E-state index in [1.165, 1.54) is 11.3 Å². The van der Waals surface area contributed by atoms with Crippen LogP contribution in [0.2, 0.25) is 0 Å². The summed E-state index contributed by atoms with van der Waals surface area (Å²) in [7, 11) is 0. The van der Waals surface area contributed by atoms with E-state index in [4.69, 9.17) is 11.5 Å². The van der Waals surface area contributed by atoms with E-state index in [1.54, 1.807) is 0 Å². The van der Waals surface area contributed by atoms with Gasteiger partial charge < -0.3 is 21.7 Å². The molecule has 142 valence electrons. The molecule has 7 nitrogen and oxygen atoms in total. The molecule has 1 amide bonds. The number of rotatable bonds is 5. The van der Waals surface area contributed by atoms with Crippen LogP contribution in [-0.2, 0) is 11.2 Å². The molecule has 5 atom stereocenters. The molecule has 1 saturated carbocycles. The van der Waals surface area contributed by atoms with Gasteiger partial charge in [-0.25, -0.2) is 4.98 Å². The first kappa shape index (κ1) is 19.0. The lowest BCUT2D eigenvalue weighted by molar-refractivity contribution is -0.118. The number of nitrogens with two attached hydrogens (primary N) is 2. The third-order valence-electron chi connectivity index (χ3n) is 5.26. The van der Waals surface area contributed by atoms with Crippen molar-refractivity contribution in [3.8, 4) is 0 Å². The molecule has 5 unspecified atom stereocenters. The van der Waals surface area contributed by atoms with Crippen molar-refractivity contribution in [1.82, 2.24) is 4.98 Å². The number of carbonyl (C=O) groups is 1. The highest BCUT2D eigenvalue weighted by Crippen LogP contribution is 2.35. The molecule has 1 heterocycles. The predicted octanol–water partition coefficient (Wildman–Crippen LogP) is 0.795. The number of amides is 1. The molecular formula is C18H26N4O3S. The standard InChI is InChI=1S/C18H26N4O3S/c1-8(2)9-7-11(15(24)14(9)23)21-16(19)13(17(20)25)18-22-10-5-3-4-6-12(10)26-18/h4,6,8-9,11,13-15,23-24H,3,5,7H2,1-2H3,(H2,19,21)(H2,20,25).